The highest BCUT2D eigenvalue weighted by Crippen LogP contribution is 2.46. The predicted molar refractivity (Wildman–Crippen MR) is 122 cm³/mol. The summed E-state index contributed by atoms with van der Waals surface area (Å²) in [6.45, 7) is 3.22. The lowest BCUT2D eigenvalue weighted by Crippen LogP contribution is -2.27. The fourth-order valence-corrected chi connectivity index (χ4v) is 3.37. The minimum absolute atomic E-state index is 0.00716. The molecule has 2 atom stereocenters. The Hall–Kier alpha value is -3.17. The van der Waals surface area contributed by atoms with Gasteiger partial charge in [0.15, 0.2) is 10.7 Å². The van der Waals surface area contributed by atoms with Crippen LogP contribution >= 0.6 is 11.6 Å². The number of methoxy groups -OCH3 is 1. The lowest BCUT2D eigenvalue weighted by Gasteiger charge is -2.11. The maximum absolute atomic E-state index is 13.5. The van der Waals surface area contributed by atoms with E-state index in [4.69, 9.17) is 25.8 Å². The highest BCUT2D eigenvalue weighted by atomic mass is 35.5. The lowest BCUT2D eigenvalue weighted by molar-refractivity contribution is -0.116. The number of nitrogens with zero attached hydrogens (tertiary/aromatic N) is 3. The van der Waals surface area contributed by atoms with Crippen molar-refractivity contribution in [3.8, 4) is 28.8 Å². The van der Waals surface area contributed by atoms with E-state index in [0.717, 1.165) is 5.56 Å². The van der Waals surface area contributed by atoms with Crippen molar-refractivity contribution < 1.29 is 23.4 Å². The molecule has 1 aliphatic carbocycles. The van der Waals surface area contributed by atoms with E-state index in [1.54, 1.807) is 30.0 Å². The van der Waals surface area contributed by atoms with Crippen LogP contribution in [0.2, 0.25) is 0 Å². The molecule has 1 N–H and O–H groups in total. The van der Waals surface area contributed by atoms with Gasteiger partial charge in [-0.3, -0.25) is 4.79 Å². The molecule has 1 fully saturated rings. The molecule has 0 unspecified atom stereocenters. The van der Waals surface area contributed by atoms with E-state index in [2.05, 4.69) is 15.4 Å². The van der Waals surface area contributed by atoms with E-state index in [1.807, 2.05) is 37.3 Å². The van der Waals surface area contributed by atoms with Gasteiger partial charge in [-0.1, -0.05) is 6.07 Å². The summed E-state index contributed by atoms with van der Waals surface area (Å²) < 4.78 is 31.3. The molecule has 1 amide bonds. The molecule has 10 heteroatoms. The molecule has 3 aromatic rings. The third-order valence-electron chi connectivity index (χ3n) is 5.14. The van der Waals surface area contributed by atoms with Gasteiger partial charge in [0.1, 0.15) is 18.5 Å². The van der Waals surface area contributed by atoms with Crippen LogP contribution in [0.5, 0.6) is 11.8 Å². The van der Waals surface area contributed by atoms with E-state index in [0.29, 0.717) is 42.8 Å². The zero-order valence-corrected chi connectivity index (χ0v) is 19.0. The minimum atomic E-state index is -1.49. The fourth-order valence-electron chi connectivity index (χ4n) is 3.18. The van der Waals surface area contributed by atoms with Crippen LogP contribution in [0, 0.1) is 0 Å². The zero-order chi connectivity index (χ0) is 23.4. The van der Waals surface area contributed by atoms with Crippen LogP contribution in [0.4, 0.5) is 10.1 Å². The predicted octanol–water partition coefficient (Wildman–Crippen LogP) is 4.02. The number of nitrogens with one attached hydrogen (secondary N) is 1. The Bertz CT molecular complexity index is 1120. The number of ether oxygens (including phenoxy) is 3. The summed E-state index contributed by atoms with van der Waals surface area (Å²) in [5, 5.41) is 7.17. The van der Waals surface area contributed by atoms with Gasteiger partial charge in [0.2, 0.25) is 5.91 Å². The van der Waals surface area contributed by atoms with Gasteiger partial charge in [-0.25, -0.2) is 9.07 Å². The maximum Gasteiger partial charge on any atom is 0.336 e. The van der Waals surface area contributed by atoms with Gasteiger partial charge < -0.3 is 19.5 Å². The van der Waals surface area contributed by atoms with Crippen LogP contribution in [0.15, 0.2) is 48.5 Å². The first-order valence-electron chi connectivity index (χ1n) is 10.5. The monoisotopic (exact) mass is 474 g/mol. The first kappa shape index (κ1) is 23.0. The van der Waals surface area contributed by atoms with E-state index in [1.165, 1.54) is 0 Å². The summed E-state index contributed by atoms with van der Waals surface area (Å²) in [4.78, 5) is 15.4. The Balaban J connectivity index is 1.63. The summed E-state index contributed by atoms with van der Waals surface area (Å²) in [6, 6.07) is 14.5. The van der Waals surface area contributed by atoms with Gasteiger partial charge in [0.25, 0.3) is 0 Å². The maximum atomic E-state index is 13.5. The van der Waals surface area contributed by atoms with Crippen LogP contribution < -0.4 is 14.8 Å². The number of alkyl halides is 2. The molecule has 174 valence electrons. The highest BCUT2D eigenvalue weighted by Gasteiger charge is 2.60. The average Bonchev–Trinajstić information content (AvgIpc) is 3.25. The number of aromatic nitrogens is 3. The first-order valence-corrected chi connectivity index (χ1v) is 10.9. The Morgan fingerprint density at radius 1 is 1.27 bits per heavy atom. The number of hydrogen-bond acceptors (Lipinski definition) is 6. The van der Waals surface area contributed by atoms with E-state index in [-0.39, 0.29) is 12.4 Å². The third-order valence-corrected chi connectivity index (χ3v) is 5.70. The third kappa shape index (κ3) is 5.09. The Kier molecular flexibility index (Phi) is 6.80. The van der Waals surface area contributed by atoms with Gasteiger partial charge >= 0.3 is 6.01 Å². The zero-order valence-electron chi connectivity index (χ0n) is 18.3. The van der Waals surface area contributed by atoms with E-state index < -0.39 is 17.0 Å². The van der Waals surface area contributed by atoms with Crippen molar-refractivity contribution in [2.45, 2.75) is 24.4 Å². The molecule has 1 aromatic heterocycles. The molecule has 33 heavy (non-hydrogen) atoms. The summed E-state index contributed by atoms with van der Waals surface area (Å²) in [7, 11) is 1.60. The standard InChI is InChI=1S/C23H24ClFN4O4/c1-3-32-11-12-33-22-27-20(15-7-9-18(31-2)10-8-15)29(28-22)17-6-4-5-16(13-17)26-21(30)23(24)14-19(23)25/h4-10,13,19H,3,11-12,14H2,1-2H3,(H,26,30)/t19-,23+/m0/s1. The molecule has 1 saturated carbocycles. The van der Waals surface area contributed by atoms with Crippen LogP contribution in [0.3, 0.4) is 0 Å². The number of hydrogen-bond donors (Lipinski definition) is 1. The smallest absolute Gasteiger partial charge is 0.336 e. The molecule has 0 radical (unpaired) electrons. The highest BCUT2D eigenvalue weighted by molar-refractivity contribution is 6.39. The van der Waals surface area contributed by atoms with Crippen molar-refractivity contribution >= 4 is 23.2 Å². The normalized spacial score (nSPS) is 19.2. The van der Waals surface area contributed by atoms with Crippen molar-refractivity contribution in [2.75, 3.05) is 32.2 Å². The number of benzene rings is 2. The molecule has 1 heterocycles. The topological polar surface area (TPSA) is 87.5 Å². The van der Waals surface area contributed by atoms with Gasteiger partial charge in [-0.15, -0.1) is 16.7 Å². The Morgan fingerprint density at radius 2 is 2.03 bits per heavy atom. The SMILES string of the molecule is CCOCCOc1nc(-c2ccc(OC)cc2)n(-c2cccc(NC(=O)[C@@]3(Cl)C[C@@H]3F)c2)n1. The molecular weight excluding hydrogens is 451 g/mol. The second kappa shape index (κ2) is 9.76. The molecule has 2 aromatic carbocycles. The fraction of sp³-hybridized carbons (Fsp3) is 0.348. The number of amides is 1. The summed E-state index contributed by atoms with van der Waals surface area (Å²) in [6.07, 6.45) is -1.33. The summed E-state index contributed by atoms with van der Waals surface area (Å²) >= 11 is 6.00. The molecule has 0 saturated heterocycles. The minimum Gasteiger partial charge on any atom is -0.497 e. The Labute approximate surface area is 195 Å². The van der Waals surface area contributed by atoms with Crippen molar-refractivity contribution in [2.24, 2.45) is 0 Å². The summed E-state index contributed by atoms with van der Waals surface area (Å²) in [5.41, 5.74) is 1.88. The summed E-state index contributed by atoms with van der Waals surface area (Å²) in [5.74, 6) is 0.680. The Morgan fingerprint density at radius 3 is 2.70 bits per heavy atom. The average molecular weight is 475 g/mol. The lowest BCUT2D eigenvalue weighted by atomic mass is 10.2. The van der Waals surface area contributed by atoms with Crippen molar-refractivity contribution in [1.29, 1.82) is 0 Å². The van der Waals surface area contributed by atoms with E-state index >= 15 is 0 Å². The van der Waals surface area contributed by atoms with Crippen molar-refractivity contribution in [3.05, 3.63) is 48.5 Å². The largest absolute Gasteiger partial charge is 0.497 e. The van der Waals surface area contributed by atoms with Gasteiger partial charge in [0, 0.05) is 24.3 Å². The van der Waals surface area contributed by atoms with Crippen LogP contribution in [0.25, 0.3) is 17.1 Å². The molecule has 0 spiro atoms. The molecule has 0 aliphatic heterocycles. The van der Waals surface area contributed by atoms with E-state index in [9.17, 15) is 9.18 Å². The molecule has 1 aliphatic rings. The number of halogens is 2. The van der Waals surface area contributed by atoms with Gasteiger partial charge in [0.05, 0.1) is 19.4 Å². The first-order chi connectivity index (χ1) is 15.9. The van der Waals surface area contributed by atoms with Crippen LogP contribution in [0.1, 0.15) is 13.3 Å². The van der Waals surface area contributed by atoms with Crippen molar-refractivity contribution in [3.63, 3.8) is 0 Å². The molecule has 8 nitrogen and oxygen atoms in total. The van der Waals surface area contributed by atoms with Crippen molar-refractivity contribution in [1.82, 2.24) is 14.8 Å². The number of carbonyl (C=O) groups excluding carboxylic acids is 1. The van der Waals surface area contributed by atoms with Gasteiger partial charge in [-0.05, 0) is 49.4 Å². The van der Waals surface area contributed by atoms with Gasteiger partial charge in [-0.2, -0.15) is 4.98 Å². The second-order valence-corrected chi connectivity index (χ2v) is 8.12. The molecule has 0 bridgehead atoms. The molecule has 4 rings (SSSR count). The quantitative estimate of drug-likeness (QED) is 0.353. The number of rotatable bonds is 10. The van der Waals surface area contributed by atoms with Crippen LogP contribution in [-0.2, 0) is 9.53 Å². The number of anilines is 1. The van der Waals surface area contributed by atoms with Crippen LogP contribution in [-0.4, -0.2) is 58.6 Å². The second-order valence-electron chi connectivity index (χ2n) is 7.44. The number of carbonyl (C=O) groups is 1. The molecular formula is C23H24ClFN4O4.